The second kappa shape index (κ2) is 3.70. The molecule has 3 nitrogen and oxygen atoms in total. The molecule has 0 aliphatic carbocycles. The van der Waals surface area contributed by atoms with E-state index in [1.165, 1.54) is 6.07 Å². The lowest BCUT2D eigenvalue weighted by Crippen LogP contribution is -2.16. The van der Waals surface area contributed by atoms with E-state index in [4.69, 9.17) is 4.74 Å². The second-order valence-electron chi connectivity index (χ2n) is 3.95. The first-order chi connectivity index (χ1) is 7.84. The molecule has 1 aromatic rings. The minimum Gasteiger partial charge on any atom is -0.476 e. The highest BCUT2D eigenvalue weighted by molar-refractivity contribution is 5.60. The third kappa shape index (κ3) is 1.50. The Bertz CT molecular complexity index is 437. The molecule has 0 radical (unpaired) electrons. The van der Waals surface area contributed by atoms with Crippen LogP contribution in [0.4, 0.5) is 10.1 Å². The van der Waals surface area contributed by atoms with Gasteiger partial charge < -0.3 is 15.0 Å². The number of rotatable bonds is 1. The summed E-state index contributed by atoms with van der Waals surface area (Å²) in [6.07, 6.45) is 2.67. The monoisotopic (exact) mass is 220 g/mol. The molecule has 0 spiro atoms. The van der Waals surface area contributed by atoms with Gasteiger partial charge in [-0.3, -0.25) is 0 Å². The summed E-state index contributed by atoms with van der Waals surface area (Å²) >= 11 is 0. The molecular formula is C12H13FN2O. The molecule has 2 heterocycles. The summed E-state index contributed by atoms with van der Waals surface area (Å²) in [5.74, 6) is 0.663. The predicted molar refractivity (Wildman–Crippen MR) is 59.5 cm³/mol. The topological polar surface area (TPSA) is 24.5 Å². The van der Waals surface area contributed by atoms with Crippen LogP contribution in [0.15, 0.2) is 30.3 Å². The van der Waals surface area contributed by atoms with Crippen molar-refractivity contribution < 1.29 is 9.13 Å². The van der Waals surface area contributed by atoms with E-state index >= 15 is 0 Å². The molecule has 0 bridgehead atoms. The average Bonchev–Trinajstić information content (AvgIpc) is 2.90. The van der Waals surface area contributed by atoms with E-state index in [1.807, 2.05) is 17.2 Å². The van der Waals surface area contributed by atoms with Gasteiger partial charge in [-0.25, -0.2) is 4.39 Å². The van der Waals surface area contributed by atoms with Crippen molar-refractivity contribution >= 4 is 5.69 Å². The van der Waals surface area contributed by atoms with Crippen LogP contribution >= 0.6 is 0 Å². The standard InChI is InChI=1S/C12H13FN2O/c13-10-2-1-3-11-9(10)4-6-15(11)8-12-14-5-7-16-12/h1-3,8,14H,4-7H2. The Balaban J connectivity index is 1.91. The summed E-state index contributed by atoms with van der Waals surface area (Å²) < 4.78 is 18.9. The minimum absolute atomic E-state index is 0.112. The quantitative estimate of drug-likeness (QED) is 0.778. The highest BCUT2D eigenvalue weighted by Gasteiger charge is 2.21. The molecule has 0 amide bonds. The Morgan fingerprint density at radius 3 is 3.19 bits per heavy atom. The van der Waals surface area contributed by atoms with Gasteiger partial charge in [0.25, 0.3) is 0 Å². The first-order valence-electron chi connectivity index (χ1n) is 5.47. The number of anilines is 1. The van der Waals surface area contributed by atoms with Gasteiger partial charge in [0.05, 0.1) is 12.7 Å². The van der Waals surface area contributed by atoms with Gasteiger partial charge in [0, 0.05) is 17.8 Å². The zero-order valence-corrected chi connectivity index (χ0v) is 8.87. The van der Waals surface area contributed by atoms with E-state index in [0.29, 0.717) is 6.61 Å². The number of nitrogens with one attached hydrogen (secondary N) is 1. The van der Waals surface area contributed by atoms with Crippen molar-refractivity contribution in [1.29, 1.82) is 0 Å². The van der Waals surface area contributed by atoms with Crippen molar-refractivity contribution in [3.05, 3.63) is 41.7 Å². The summed E-state index contributed by atoms with van der Waals surface area (Å²) in [5.41, 5.74) is 1.75. The number of hydrogen-bond donors (Lipinski definition) is 1. The third-order valence-electron chi connectivity index (χ3n) is 2.94. The van der Waals surface area contributed by atoms with Gasteiger partial charge in [-0.05, 0) is 18.6 Å². The molecule has 0 atom stereocenters. The Kier molecular flexibility index (Phi) is 2.20. The van der Waals surface area contributed by atoms with Crippen molar-refractivity contribution in [2.24, 2.45) is 0 Å². The highest BCUT2D eigenvalue weighted by atomic mass is 19.1. The van der Waals surface area contributed by atoms with Gasteiger partial charge in [0.15, 0.2) is 0 Å². The van der Waals surface area contributed by atoms with Crippen LogP contribution < -0.4 is 10.2 Å². The van der Waals surface area contributed by atoms with Crippen molar-refractivity contribution in [2.45, 2.75) is 6.42 Å². The molecule has 1 N–H and O–H groups in total. The van der Waals surface area contributed by atoms with Crippen LogP contribution in [0.5, 0.6) is 0 Å². The lowest BCUT2D eigenvalue weighted by atomic mass is 10.1. The van der Waals surface area contributed by atoms with E-state index in [0.717, 1.165) is 36.6 Å². The van der Waals surface area contributed by atoms with Crippen molar-refractivity contribution in [3.8, 4) is 0 Å². The van der Waals surface area contributed by atoms with Crippen LogP contribution in [0.3, 0.4) is 0 Å². The van der Waals surface area contributed by atoms with Crippen LogP contribution in [0.2, 0.25) is 0 Å². The third-order valence-corrected chi connectivity index (χ3v) is 2.94. The Morgan fingerprint density at radius 2 is 2.38 bits per heavy atom. The maximum atomic E-state index is 13.5. The SMILES string of the molecule is Fc1cccc2c1CCN2C=C1NCCO1. The van der Waals surface area contributed by atoms with Crippen LogP contribution in [0.1, 0.15) is 5.56 Å². The Hall–Kier alpha value is -1.71. The Labute approximate surface area is 93.5 Å². The molecule has 1 aromatic carbocycles. The lowest BCUT2D eigenvalue weighted by molar-refractivity contribution is 0.264. The van der Waals surface area contributed by atoms with E-state index < -0.39 is 0 Å². The van der Waals surface area contributed by atoms with Crippen LogP contribution in [-0.2, 0) is 11.2 Å². The fraction of sp³-hybridized carbons (Fsp3) is 0.333. The average molecular weight is 220 g/mol. The van der Waals surface area contributed by atoms with Gasteiger partial charge in [-0.1, -0.05) is 6.07 Å². The van der Waals surface area contributed by atoms with E-state index in [2.05, 4.69) is 5.32 Å². The highest BCUT2D eigenvalue weighted by Crippen LogP contribution is 2.30. The predicted octanol–water partition coefficient (Wildman–Crippen LogP) is 1.61. The van der Waals surface area contributed by atoms with Gasteiger partial charge >= 0.3 is 0 Å². The molecule has 2 aliphatic heterocycles. The molecular weight excluding hydrogens is 207 g/mol. The fourth-order valence-electron chi connectivity index (χ4n) is 2.16. The number of hydrogen-bond acceptors (Lipinski definition) is 3. The molecule has 4 heteroatoms. The molecule has 1 saturated heterocycles. The lowest BCUT2D eigenvalue weighted by Gasteiger charge is -2.14. The number of ether oxygens (including phenoxy) is 1. The van der Waals surface area contributed by atoms with E-state index in [9.17, 15) is 4.39 Å². The molecule has 84 valence electrons. The number of halogens is 1. The minimum atomic E-state index is -0.112. The van der Waals surface area contributed by atoms with Gasteiger partial charge in [0.2, 0.25) is 5.88 Å². The van der Waals surface area contributed by atoms with Gasteiger partial charge in [0.1, 0.15) is 12.4 Å². The zero-order chi connectivity index (χ0) is 11.0. The molecule has 2 aliphatic rings. The van der Waals surface area contributed by atoms with E-state index in [-0.39, 0.29) is 5.82 Å². The summed E-state index contributed by atoms with van der Waals surface area (Å²) in [6.45, 7) is 2.36. The van der Waals surface area contributed by atoms with Gasteiger partial charge in [-0.2, -0.15) is 0 Å². The smallest absolute Gasteiger partial charge is 0.203 e. The maximum Gasteiger partial charge on any atom is 0.203 e. The largest absolute Gasteiger partial charge is 0.476 e. The first kappa shape index (κ1) is 9.51. The Morgan fingerprint density at radius 1 is 1.44 bits per heavy atom. The molecule has 1 fully saturated rings. The van der Waals surface area contributed by atoms with Crippen molar-refractivity contribution in [1.82, 2.24) is 5.32 Å². The second-order valence-corrected chi connectivity index (χ2v) is 3.95. The maximum absolute atomic E-state index is 13.5. The number of benzene rings is 1. The fourth-order valence-corrected chi connectivity index (χ4v) is 2.16. The number of nitrogens with zero attached hydrogens (tertiary/aromatic N) is 1. The summed E-state index contributed by atoms with van der Waals surface area (Å²) in [5, 5.41) is 3.13. The molecule has 0 aromatic heterocycles. The molecule has 3 rings (SSSR count). The van der Waals surface area contributed by atoms with Gasteiger partial charge in [-0.15, -0.1) is 0 Å². The summed E-state index contributed by atoms with van der Waals surface area (Å²) in [6, 6.07) is 5.20. The number of fused-ring (bicyclic) bond motifs is 1. The summed E-state index contributed by atoms with van der Waals surface area (Å²) in [4.78, 5) is 2.03. The van der Waals surface area contributed by atoms with Crippen LogP contribution in [-0.4, -0.2) is 19.7 Å². The van der Waals surface area contributed by atoms with E-state index in [1.54, 1.807) is 6.07 Å². The van der Waals surface area contributed by atoms with Crippen molar-refractivity contribution in [2.75, 3.05) is 24.6 Å². The first-order valence-corrected chi connectivity index (χ1v) is 5.47. The van der Waals surface area contributed by atoms with Crippen LogP contribution in [0.25, 0.3) is 0 Å². The van der Waals surface area contributed by atoms with Crippen LogP contribution in [0, 0.1) is 5.82 Å². The molecule has 16 heavy (non-hydrogen) atoms. The normalized spacial score (nSPS) is 20.8. The zero-order valence-electron chi connectivity index (χ0n) is 8.87. The molecule has 0 saturated carbocycles. The molecule has 0 unspecified atom stereocenters. The van der Waals surface area contributed by atoms with Crippen molar-refractivity contribution in [3.63, 3.8) is 0 Å². The summed E-state index contributed by atoms with van der Waals surface area (Å²) in [7, 11) is 0.